The number of amides is 2. The number of nitrogens with zero attached hydrogens (tertiary/aromatic N) is 2. The highest BCUT2D eigenvalue weighted by atomic mass is 32.2. The van der Waals surface area contributed by atoms with Crippen molar-refractivity contribution in [2.45, 2.75) is 16.8 Å². The molecule has 3 rings (SSSR count). The van der Waals surface area contributed by atoms with Gasteiger partial charge in [-0.1, -0.05) is 11.8 Å². The number of rotatable bonds is 8. The van der Waals surface area contributed by atoms with Gasteiger partial charge in [-0.3, -0.25) is 14.6 Å². The van der Waals surface area contributed by atoms with Crippen molar-refractivity contribution in [3.05, 3.63) is 78.2 Å². The minimum absolute atomic E-state index is 0.208. The van der Waals surface area contributed by atoms with E-state index in [-0.39, 0.29) is 17.8 Å². The Kier molecular flexibility index (Phi) is 7.85. The molecule has 0 radical (unpaired) electrons. The van der Waals surface area contributed by atoms with Crippen LogP contribution in [-0.4, -0.2) is 34.7 Å². The van der Waals surface area contributed by atoms with E-state index in [1.807, 2.05) is 0 Å². The fourth-order valence-electron chi connectivity index (χ4n) is 2.63. The van der Waals surface area contributed by atoms with E-state index in [4.69, 9.17) is 5.73 Å². The zero-order valence-corrected chi connectivity index (χ0v) is 17.7. The first kappa shape index (κ1) is 24.0. The summed E-state index contributed by atoms with van der Waals surface area (Å²) in [6.45, 7) is -0.217. The van der Waals surface area contributed by atoms with Crippen LogP contribution in [0.15, 0.2) is 72.1 Å². The third-order valence-corrected chi connectivity index (χ3v) is 5.25. The van der Waals surface area contributed by atoms with Crippen LogP contribution in [0.3, 0.4) is 0 Å². The van der Waals surface area contributed by atoms with Crippen molar-refractivity contribution in [1.29, 1.82) is 0 Å². The van der Waals surface area contributed by atoms with Crippen LogP contribution in [0.2, 0.25) is 0 Å². The maximum Gasteiger partial charge on any atom is 0.573 e. The standard InChI is InChI=1S/C21H18F3N5O3S/c22-21(23,24)32-15-5-3-14(4-6-15)28-18(31)16-2-1-9-27-20(16)33-19(29-17(30)12-25)13-7-10-26-11-8-13/h1-11,19H,12,25H2,(H,28,31)(H,29,30). The number of thioether (sulfide) groups is 1. The fourth-order valence-corrected chi connectivity index (χ4v) is 3.75. The molecular weight excluding hydrogens is 459 g/mol. The lowest BCUT2D eigenvalue weighted by Crippen LogP contribution is -2.32. The highest BCUT2D eigenvalue weighted by Gasteiger charge is 2.31. The minimum Gasteiger partial charge on any atom is -0.406 e. The number of aromatic nitrogens is 2. The molecule has 3 aromatic rings. The Morgan fingerprint density at radius 2 is 1.76 bits per heavy atom. The molecule has 2 aromatic heterocycles. The summed E-state index contributed by atoms with van der Waals surface area (Å²) in [5, 5.41) is 5.10. The largest absolute Gasteiger partial charge is 0.573 e. The molecule has 0 bridgehead atoms. The lowest BCUT2D eigenvalue weighted by molar-refractivity contribution is -0.274. The molecule has 0 aliphatic heterocycles. The highest BCUT2D eigenvalue weighted by molar-refractivity contribution is 7.99. The van der Waals surface area contributed by atoms with Gasteiger partial charge in [0.05, 0.1) is 12.1 Å². The molecule has 172 valence electrons. The van der Waals surface area contributed by atoms with Gasteiger partial charge < -0.3 is 21.1 Å². The van der Waals surface area contributed by atoms with Gasteiger partial charge in [0.15, 0.2) is 0 Å². The van der Waals surface area contributed by atoms with Gasteiger partial charge >= 0.3 is 6.36 Å². The molecule has 0 saturated carbocycles. The number of alkyl halides is 3. The van der Waals surface area contributed by atoms with Crippen LogP contribution in [0.25, 0.3) is 0 Å². The molecule has 33 heavy (non-hydrogen) atoms. The summed E-state index contributed by atoms with van der Waals surface area (Å²) in [5.74, 6) is -1.34. The number of anilines is 1. The maximum absolute atomic E-state index is 12.9. The van der Waals surface area contributed by atoms with Gasteiger partial charge in [0.1, 0.15) is 16.1 Å². The Hall–Kier alpha value is -3.64. The average Bonchev–Trinajstić information content (AvgIpc) is 2.79. The summed E-state index contributed by atoms with van der Waals surface area (Å²) in [7, 11) is 0. The summed E-state index contributed by atoms with van der Waals surface area (Å²) < 4.78 is 40.7. The topological polar surface area (TPSA) is 119 Å². The summed E-state index contributed by atoms with van der Waals surface area (Å²) in [4.78, 5) is 33.0. The smallest absolute Gasteiger partial charge is 0.406 e. The number of benzene rings is 1. The molecule has 0 fully saturated rings. The van der Waals surface area contributed by atoms with Crippen LogP contribution in [0.4, 0.5) is 18.9 Å². The summed E-state index contributed by atoms with van der Waals surface area (Å²) in [6, 6.07) is 11.3. The Morgan fingerprint density at radius 3 is 2.39 bits per heavy atom. The number of carbonyl (C=O) groups excluding carboxylic acids is 2. The first-order chi connectivity index (χ1) is 15.7. The van der Waals surface area contributed by atoms with E-state index in [0.717, 1.165) is 23.9 Å². The van der Waals surface area contributed by atoms with E-state index in [1.165, 1.54) is 18.3 Å². The van der Waals surface area contributed by atoms with E-state index in [0.29, 0.717) is 10.6 Å². The lowest BCUT2D eigenvalue weighted by Gasteiger charge is -2.19. The normalized spacial score (nSPS) is 12.0. The van der Waals surface area contributed by atoms with E-state index in [9.17, 15) is 22.8 Å². The van der Waals surface area contributed by atoms with Crippen LogP contribution < -0.4 is 21.1 Å². The molecule has 0 aliphatic rings. The second-order valence-electron chi connectivity index (χ2n) is 6.43. The molecule has 12 heteroatoms. The summed E-state index contributed by atoms with van der Waals surface area (Å²) in [5.41, 5.74) is 6.60. The number of ether oxygens (including phenoxy) is 1. The van der Waals surface area contributed by atoms with Crippen molar-refractivity contribution in [3.63, 3.8) is 0 Å². The molecule has 1 unspecified atom stereocenters. The van der Waals surface area contributed by atoms with Crippen LogP contribution in [-0.2, 0) is 4.79 Å². The molecule has 4 N–H and O–H groups in total. The number of carbonyl (C=O) groups is 2. The van der Waals surface area contributed by atoms with Crippen molar-refractivity contribution in [2.24, 2.45) is 5.73 Å². The average molecular weight is 477 g/mol. The van der Waals surface area contributed by atoms with Gasteiger partial charge in [-0.15, -0.1) is 13.2 Å². The first-order valence-electron chi connectivity index (χ1n) is 9.43. The molecule has 8 nitrogen and oxygen atoms in total. The zero-order valence-electron chi connectivity index (χ0n) is 16.9. The van der Waals surface area contributed by atoms with Crippen molar-refractivity contribution >= 4 is 29.3 Å². The number of nitrogens with two attached hydrogens (primary N) is 1. The fraction of sp³-hybridized carbons (Fsp3) is 0.143. The van der Waals surface area contributed by atoms with Gasteiger partial charge in [0.25, 0.3) is 5.91 Å². The van der Waals surface area contributed by atoms with Crippen molar-refractivity contribution in [1.82, 2.24) is 15.3 Å². The number of nitrogens with one attached hydrogen (secondary N) is 2. The second-order valence-corrected chi connectivity index (χ2v) is 7.53. The number of hydrogen-bond donors (Lipinski definition) is 3. The molecule has 0 saturated heterocycles. The zero-order chi connectivity index (χ0) is 23.8. The summed E-state index contributed by atoms with van der Waals surface area (Å²) >= 11 is 1.13. The number of halogens is 3. The van der Waals surface area contributed by atoms with E-state index in [2.05, 4.69) is 25.3 Å². The van der Waals surface area contributed by atoms with E-state index in [1.54, 1.807) is 36.7 Å². The van der Waals surface area contributed by atoms with E-state index >= 15 is 0 Å². The predicted molar refractivity (Wildman–Crippen MR) is 115 cm³/mol. The molecule has 2 heterocycles. The number of hydrogen-bond acceptors (Lipinski definition) is 7. The maximum atomic E-state index is 12.9. The SMILES string of the molecule is NCC(=O)NC(Sc1ncccc1C(=O)Nc1ccc(OC(F)(F)F)cc1)c1ccncc1. The third kappa shape index (κ3) is 7.19. The molecular formula is C21H18F3N5O3S. The van der Waals surface area contributed by atoms with Crippen LogP contribution in [0.5, 0.6) is 5.75 Å². The van der Waals surface area contributed by atoms with Crippen LogP contribution in [0, 0.1) is 0 Å². The molecule has 2 amide bonds. The monoisotopic (exact) mass is 477 g/mol. The Labute approximate surface area is 190 Å². The molecule has 1 aromatic carbocycles. The highest BCUT2D eigenvalue weighted by Crippen LogP contribution is 2.34. The number of pyridine rings is 2. The van der Waals surface area contributed by atoms with Crippen LogP contribution in [0.1, 0.15) is 21.3 Å². The lowest BCUT2D eigenvalue weighted by atomic mass is 10.2. The Bertz CT molecular complexity index is 1100. The van der Waals surface area contributed by atoms with Crippen molar-refractivity contribution in [2.75, 3.05) is 11.9 Å². The van der Waals surface area contributed by atoms with Gasteiger partial charge in [-0.2, -0.15) is 0 Å². The Morgan fingerprint density at radius 1 is 1.06 bits per heavy atom. The molecule has 0 aliphatic carbocycles. The minimum atomic E-state index is -4.81. The van der Waals surface area contributed by atoms with E-state index < -0.39 is 29.3 Å². The van der Waals surface area contributed by atoms with Crippen molar-refractivity contribution in [3.8, 4) is 5.75 Å². The quantitative estimate of drug-likeness (QED) is 0.336. The summed E-state index contributed by atoms with van der Waals surface area (Å²) in [6.07, 6.45) is -0.181. The first-order valence-corrected chi connectivity index (χ1v) is 10.3. The molecule has 1 atom stereocenters. The van der Waals surface area contributed by atoms with Gasteiger partial charge in [-0.25, -0.2) is 4.98 Å². The van der Waals surface area contributed by atoms with Gasteiger partial charge in [0, 0.05) is 24.3 Å². The van der Waals surface area contributed by atoms with Gasteiger partial charge in [-0.05, 0) is 54.1 Å². The van der Waals surface area contributed by atoms with Gasteiger partial charge in [0.2, 0.25) is 5.91 Å². The Balaban J connectivity index is 1.78. The molecule has 0 spiro atoms. The third-order valence-electron chi connectivity index (χ3n) is 4.08. The van der Waals surface area contributed by atoms with Crippen molar-refractivity contribution < 1.29 is 27.5 Å². The second kappa shape index (κ2) is 10.8. The predicted octanol–water partition coefficient (Wildman–Crippen LogP) is 3.49. The van der Waals surface area contributed by atoms with Crippen LogP contribution >= 0.6 is 11.8 Å².